The molecule has 1 aromatic carbocycles. The van der Waals surface area contributed by atoms with Crippen LogP contribution >= 0.6 is 0 Å². The van der Waals surface area contributed by atoms with Crippen LogP contribution in [0.5, 0.6) is 0 Å². The molecule has 32 heavy (non-hydrogen) atoms. The lowest BCUT2D eigenvalue weighted by atomic mass is 9.89. The molecule has 3 aliphatic rings. The van der Waals surface area contributed by atoms with E-state index in [9.17, 15) is 0 Å². The van der Waals surface area contributed by atoms with Crippen LogP contribution in [0, 0.1) is 0 Å². The summed E-state index contributed by atoms with van der Waals surface area (Å²) >= 11 is 0. The average Bonchev–Trinajstić information content (AvgIpc) is 2.84. The Morgan fingerprint density at radius 1 is 1.09 bits per heavy atom. The van der Waals surface area contributed by atoms with Crippen LogP contribution in [0.1, 0.15) is 73.4 Å². The van der Waals surface area contributed by atoms with Crippen molar-refractivity contribution in [3.63, 3.8) is 0 Å². The van der Waals surface area contributed by atoms with Gasteiger partial charge in [0.1, 0.15) is 0 Å². The molecule has 2 aliphatic carbocycles. The first-order valence-corrected chi connectivity index (χ1v) is 12.7. The molecule has 1 aromatic heterocycles. The molecule has 0 bridgehead atoms. The van der Waals surface area contributed by atoms with Gasteiger partial charge in [-0.05, 0) is 100 Å². The van der Waals surface area contributed by atoms with Gasteiger partial charge in [0.05, 0.1) is 11.7 Å². The number of hydrogen-bond acceptors (Lipinski definition) is 5. The number of nitrogens with zero attached hydrogens (tertiary/aromatic N) is 2. The monoisotopic (exact) mass is 433 g/mol. The smallest absolute Gasteiger partial charge is 0.0607 e. The number of nitrogens with two attached hydrogens (primary N) is 1. The van der Waals surface area contributed by atoms with Crippen LogP contribution in [-0.2, 0) is 19.4 Å². The van der Waals surface area contributed by atoms with Gasteiger partial charge in [-0.25, -0.2) is 0 Å². The predicted octanol–water partition coefficient (Wildman–Crippen LogP) is 4.18. The summed E-state index contributed by atoms with van der Waals surface area (Å²) in [6, 6.07) is 13.1. The Kier molecular flexibility index (Phi) is 6.77. The minimum absolute atomic E-state index is 0.398. The Hall–Kier alpha value is -1.95. The molecular weight excluding hydrogens is 394 g/mol. The Labute approximate surface area is 193 Å². The van der Waals surface area contributed by atoms with Crippen LogP contribution in [0.25, 0.3) is 0 Å². The summed E-state index contributed by atoms with van der Waals surface area (Å²) in [5.41, 5.74) is 13.2. The Balaban J connectivity index is 1.20. The SMILES string of the molecule is CN(CC[C@H]1Cc2c(cccc2NC2CCC(N)CC2)CN1)[C@H]1CCCc2cccnc21. The van der Waals surface area contributed by atoms with Crippen molar-refractivity contribution in [2.75, 3.05) is 18.9 Å². The van der Waals surface area contributed by atoms with Crippen molar-refractivity contribution in [2.24, 2.45) is 5.73 Å². The van der Waals surface area contributed by atoms with Crippen LogP contribution in [0.4, 0.5) is 5.69 Å². The molecule has 5 rings (SSSR count). The Bertz CT molecular complexity index is 905. The molecule has 4 N–H and O–H groups in total. The zero-order chi connectivity index (χ0) is 21.9. The van der Waals surface area contributed by atoms with Crippen molar-refractivity contribution in [3.05, 3.63) is 58.9 Å². The van der Waals surface area contributed by atoms with E-state index in [1.54, 1.807) is 0 Å². The van der Waals surface area contributed by atoms with Gasteiger partial charge in [0.15, 0.2) is 0 Å². The highest BCUT2D eigenvalue weighted by molar-refractivity contribution is 5.56. The molecule has 1 aliphatic heterocycles. The molecule has 5 nitrogen and oxygen atoms in total. The van der Waals surface area contributed by atoms with E-state index >= 15 is 0 Å². The summed E-state index contributed by atoms with van der Waals surface area (Å²) < 4.78 is 0. The molecule has 1 saturated carbocycles. The standard InChI is InChI=1S/C27H39N5/c1-32(26-9-3-5-19-7-4-15-29-27(19)26)16-14-23-17-24-20(18-30-23)6-2-8-25(24)31-22-12-10-21(28)11-13-22/h2,4,6-8,15,21-23,26,30-31H,3,5,9-14,16-18,28H2,1H3/t21?,22?,23-,26-/m0/s1. The lowest BCUT2D eigenvalue weighted by Gasteiger charge is -2.35. The molecule has 5 heteroatoms. The number of aryl methyl sites for hydroxylation is 1. The van der Waals surface area contributed by atoms with Crippen molar-refractivity contribution in [2.45, 2.75) is 88.5 Å². The van der Waals surface area contributed by atoms with Gasteiger partial charge in [-0.2, -0.15) is 0 Å². The third-order valence-electron chi connectivity index (χ3n) is 7.96. The molecular formula is C27H39N5. The molecule has 2 atom stereocenters. The van der Waals surface area contributed by atoms with Crippen LogP contribution in [-0.4, -0.2) is 41.6 Å². The summed E-state index contributed by atoms with van der Waals surface area (Å²) in [5, 5.41) is 7.68. The van der Waals surface area contributed by atoms with Crippen molar-refractivity contribution in [1.29, 1.82) is 0 Å². The van der Waals surface area contributed by atoms with Crippen molar-refractivity contribution in [1.82, 2.24) is 15.2 Å². The maximum Gasteiger partial charge on any atom is 0.0607 e. The molecule has 0 spiro atoms. The highest BCUT2D eigenvalue weighted by Gasteiger charge is 2.27. The molecule has 0 radical (unpaired) electrons. The van der Waals surface area contributed by atoms with Crippen molar-refractivity contribution in [3.8, 4) is 0 Å². The van der Waals surface area contributed by atoms with E-state index in [4.69, 9.17) is 10.7 Å². The van der Waals surface area contributed by atoms with Gasteiger partial charge < -0.3 is 16.4 Å². The van der Waals surface area contributed by atoms with Gasteiger partial charge in [0, 0.05) is 36.6 Å². The Morgan fingerprint density at radius 3 is 2.81 bits per heavy atom. The zero-order valence-corrected chi connectivity index (χ0v) is 19.5. The number of nitrogens with one attached hydrogen (secondary N) is 2. The van der Waals surface area contributed by atoms with Gasteiger partial charge in [-0.1, -0.05) is 18.2 Å². The molecule has 0 saturated heterocycles. The van der Waals surface area contributed by atoms with Crippen LogP contribution in [0.3, 0.4) is 0 Å². The van der Waals surface area contributed by atoms with Gasteiger partial charge in [0.25, 0.3) is 0 Å². The zero-order valence-electron chi connectivity index (χ0n) is 19.5. The van der Waals surface area contributed by atoms with Crippen molar-refractivity contribution >= 4 is 5.69 Å². The lowest BCUT2D eigenvalue weighted by molar-refractivity contribution is 0.204. The van der Waals surface area contributed by atoms with Gasteiger partial charge >= 0.3 is 0 Å². The lowest BCUT2D eigenvalue weighted by Crippen LogP contribution is -2.40. The molecule has 172 valence electrons. The molecule has 1 fully saturated rings. The number of hydrogen-bond donors (Lipinski definition) is 3. The largest absolute Gasteiger partial charge is 0.382 e. The minimum Gasteiger partial charge on any atom is -0.382 e. The minimum atomic E-state index is 0.398. The van der Waals surface area contributed by atoms with Crippen LogP contribution in [0.15, 0.2) is 36.5 Å². The summed E-state index contributed by atoms with van der Waals surface area (Å²) in [7, 11) is 2.28. The van der Waals surface area contributed by atoms with Gasteiger partial charge in [-0.3, -0.25) is 9.88 Å². The van der Waals surface area contributed by atoms with E-state index in [-0.39, 0.29) is 0 Å². The van der Waals surface area contributed by atoms with E-state index in [2.05, 4.69) is 52.9 Å². The van der Waals surface area contributed by atoms with E-state index in [0.29, 0.717) is 24.2 Å². The fraction of sp³-hybridized carbons (Fsp3) is 0.593. The fourth-order valence-electron chi connectivity index (χ4n) is 5.97. The number of rotatable bonds is 6. The second-order valence-electron chi connectivity index (χ2n) is 10.2. The van der Waals surface area contributed by atoms with Crippen molar-refractivity contribution < 1.29 is 0 Å². The number of pyridine rings is 1. The summed E-state index contributed by atoms with van der Waals surface area (Å²) in [5.74, 6) is 0. The third kappa shape index (κ3) is 4.85. The maximum absolute atomic E-state index is 6.11. The predicted molar refractivity (Wildman–Crippen MR) is 132 cm³/mol. The third-order valence-corrected chi connectivity index (χ3v) is 7.96. The Morgan fingerprint density at radius 2 is 1.94 bits per heavy atom. The number of fused-ring (bicyclic) bond motifs is 2. The highest BCUT2D eigenvalue weighted by Crippen LogP contribution is 2.33. The second-order valence-corrected chi connectivity index (χ2v) is 10.2. The maximum atomic E-state index is 6.11. The quantitative estimate of drug-likeness (QED) is 0.638. The normalized spacial score (nSPS) is 27.6. The summed E-state index contributed by atoms with van der Waals surface area (Å²) in [6.07, 6.45) is 12.6. The first-order chi connectivity index (χ1) is 15.7. The topological polar surface area (TPSA) is 66.2 Å². The van der Waals surface area contributed by atoms with Gasteiger partial charge in [-0.15, -0.1) is 0 Å². The first-order valence-electron chi connectivity index (χ1n) is 12.7. The van der Waals surface area contributed by atoms with E-state index in [0.717, 1.165) is 32.4 Å². The first kappa shape index (κ1) is 21.9. The van der Waals surface area contributed by atoms with Crippen LogP contribution in [0.2, 0.25) is 0 Å². The molecule has 2 heterocycles. The number of aromatic nitrogens is 1. The average molecular weight is 434 g/mol. The molecule has 0 amide bonds. The fourth-order valence-corrected chi connectivity index (χ4v) is 5.97. The molecule has 0 unspecified atom stereocenters. The summed E-state index contributed by atoms with van der Waals surface area (Å²) in [6.45, 7) is 2.08. The van der Waals surface area contributed by atoms with E-state index in [1.807, 2.05) is 6.20 Å². The molecule has 2 aromatic rings. The number of benzene rings is 1. The summed E-state index contributed by atoms with van der Waals surface area (Å²) in [4.78, 5) is 7.28. The second kappa shape index (κ2) is 9.90. The van der Waals surface area contributed by atoms with Crippen LogP contribution < -0.4 is 16.4 Å². The van der Waals surface area contributed by atoms with E-state index in [1.165, 1.54) is 66.6 Å². The van der Waals surface area contributed by atoms with E-state index < -0.39 is 0 Å². The highest BCUT2D eigenvalue weighted by atomic mass is 15.1. The number of anilines is 1. The van der Waals surface area contributed by atoms with Gasteiger partial charge in [0.2, 0.25) is 0 Å².